The summed E-state index contributed by atoms with van der Waals surface area (Å²) in [5.74, 6) is 0. The quantitative estimate of drug-likeness (QED) is 0.126. The zero-order chi connectivity index (χ0) is 35.7. The molecule has 250 valence electrons. The molecular weight excluding hydrogens is 637 g/mol. The molecule has 53 heavy (non-hydrogen) atoms. The Morgan fingerprint density at radius 3 is 1.79 bits per heavy atom. The van der Waals surface area contributed by atoms with Crippen molar-refractivity contribution in [2.75, 3.05) is 0 Å². The number of fused-ring (bicyclic) bond motifs is 9. The van der Waals surface area contributed by atoms with Gasteiger partial charge in [-0.2, -0.15) is 0 Å². The first kappa shape index (κ1) is 31.3. The molecule has 0 atom stereocenters. The van der Waals surface area contributed by atoms with E-state index in [9.17, 15) is 0 Å². The van der Waals surface area contributed by atoms with Crippen LogP contribution in [-0.4, -0.2) is 0 Å². The van der Waals surface area contributed by atoms with Crippen LogP contribution in [0.2, 0.25) is 0 Å². The van der Waals surface area contributed by atoms with Crippen LogP contribution in [0.15, 0.2) is 170 Å². The minimum atomic E-state index is -0.0358. The molecule has 0 bridgehead atoms. The molecule has 9 aromatic carbocycles. The third-order valence-corrected chi connectivity index (χ3v) is 11.7. The summed E-state index contributed by atoms with van der Waals surface area (Å²) in [7, 11) is 0. The van der Waals surface area contributed by atoms with Gasteiger partial charge in [-0.05, 0) is 122 Å². The van der Waals surface area contributed by atoms with Crippen molar-refractivity contribution in [1.82, 2.24) is 0 Å². The minimum absolute atomic E-state index is 0.0358. The van der Waals surface area contributed by atoms with Gasteiger partial charge in [0.15, 0.2) is 0 Å². The lowest BCUT2D eigenvalue weighted by atomic mass is 9.81. The molecule has 0 aliphatic heterocycles. The highest BCUT2D eigenvalue weighted by Crippen LogP contribution is 2.49. The Morgan fingerprint density at radius 2 is 0.962 bits per heavy atom. The predicted molar refractivity (Wildman–Crippen MR) is 230 cm³/mol. The summed E-state index contributed by atoms with van der Waals surface area (Å²) < 4.78 is 0. The topological polar surface area (TPSA) is 0 Å². The van der Waals surface area contributed by atoms with Gasteiger partial charge in [0.1, 0.15) is 0 Å². The molecule has 0 aromatic heterocycles. The highest BCUT2D eigenvalue weighted by Gasteiger charge is 2.35. The second-order valence-corrected chi connectivity index (χ2v) is 14.9. The Kier molecular flexibility index (Phi) is 7.10. The average molecular weight is 675 g/mol. The summed E-state index contributed by atoms with van der Waals surface area (Å²) in [6.07, 6.45) is 6.49. The minimum Gasteiger partial charge on any atom is -0.0984 e. The lowest BCUT2D eigenvalue weighted by Crippen LogP contribution is -2.14. The molecule has 0 nitrogen and oxygen atoms in total. The molecule has 0 N–H and O–H groups in total. The largest absolute Gasteiger partial charge is 0.0984 e. The molecule has 1 aliphatic rings. The van der Waals surface area contributed by atoms with Gasteiger partial charge in [-0.15, -0.1) is 0 Å². The van der Waals surface area contributed by atoms with Crippen molar-refractivity contribution in [2.24, 2.45) is 0 Å². The second kappa shape index (κ2) is 12.0. The van der Waals surface area contributed by atoms with E-state index in [0.717, 1.165) is 11.1 Å². The van der Waals surface area contributed by atoms with Gasteiger partial charge in [0.05, 0.1) is 0 Å². The fourth-order valence-electron chi connectivity index (χ4n) is 8.93. The van der Waals surface area contributed by atoms with Gasteiger partial charge >= 0.3 is 0 Å². The van der Waals surface area contributed by atoms with Crippen LogP contribution in [0.25, 0.3) is 94.7 Å². The van der Waals surface area contributed by atoms with Crippen LogP contribution in [-0.2, 0) is 5.41 Å². The lowest BCUT2D eigenvalue weighted by molar-refractivity contribution is 0.660. The third kappa shape index (κ3) is 4.90. The summed E-state index contributed by atoms with van der Waals surface area (Å²) in [6, 6.07) is 60.5. The van der Waals surface area contributed by atoms with Gasteiger partial charge in [0.25, 0.3) is 0 Å². The highest BCUT2D eigenvalue weighted by atomic mass is 14.4. The van der Waals surface area contributed by atoms with E-state index in [0.29, 0.717) is 0 Å². The second-order valence-electron chi connectivity index (χ2n) is 14.9. The Labute approximate surface area is 311 Å². The van der Waals surface area contributed by atoms with E-state index in [1.54, 1.807) is 0 Å². The van der Waals surface area contributed by atoms with Gasteiger partial charge in [0, 0.05) is 5.41 Å². The van der Waals surface area contributed by atoms with Crippen molar-refractivity contribution in [3.63, 3.8) is 0 Å². The molecule has 0 saturated heterocycles. The summed E-state index contributed by atoms with van der Waals surface area (Å²) in [5, 5.41) is 10.2. The Bertz CT molecular complexity index is 2990. The monoisotopic (exact) mass is 674 g/mol. The molecule has 0 saturated carbocycles. The van der Waals surface area contributed by atoms with E-state index >= 15 is 0 Å². The van der Waals surface area contributed by atoms with Gasteiger partial charge in [-0.25, -0.2) is 0 Å². The maximum Gasteiger partial charge on any atom is 0.0159 e. The lowest BCUT2D eigenvalue weighted by Gasteiger charge is -2.22. The molecular formula is C53H38. The fourth-order valence-corrected chi connectivity index (χ4v) is 8.93. The Balaban J connectivity index is 1.08. The first-order chi connectivity index (χ1) is 26.0. The third-order valence-electron chi connectivity index (χ3n) is 11.7. The van der Waals surface area contributed by atoms with Crippen LogP contribution in [0.1, 0.15) is 41.7 Å². The Morgan fingerprint density at radius 1 is 0.377 bits per heavy atom. The van der Waals surface area contributed by atoms with Crippen LogP contribution < -0.4 is 0 Å². The van der Waals surface area contributed by atoms with Crippen LogP contribution in [0.5, 0.6) is 0 Å². The van der Waals surface area contributed by atoms with Crippen molar-refractivity contribution in [2.45, 2.75) is 19.3 Å². The average Bonchev–Trinajstić information content (AvgIpc) is 3.44. The van der Waals surface area contributed by atoms with Crippen molar-refractivity contribution >= 4 is 61.3 Å². The number of hydrogen-bond donors (Lipinski definition) is 0. The molecule has 0 heteroatoms. The van der Waals surface area contributed by atoms with Crippen molar-refractivity contribution < 1.29 is 0 Å². The van der Waals surface area contributed by atoms with Crippen molar-refractivity contribution in [3.05, 3.63) is 198 Å². The van der Waals surface area contributed by atoms with Gasteiger partial charge in [-0.1, -0.05) is 184 Å². The first-order valence-electron chi connectivity index (χ1n) is 18.5. The van der Waals surface area contributed by atoms with Crippen LogP contribution >= 0.6 is 0 Å². The normalized spacial score (nSPS) is 13.2. The highest BCUT2D eigenvalue weighted by molar-refractivity contribution is 6.22. The van der Waals surface area contributed by atoms with E-state index in [1.807, 2.05) is 6.08 Å². The molecule has 1 aliphatic carbocycles. The van der Waals surface area contributed by atoms with E-state index in [2.05, 4.69) is 196 Å². The standard InChI is InChI=1S/C53H38/c1-4-34-21-23-38(39-27-30-48-47-19-11-12-20-51(47)53(2,3)52(48)32-39)31-37(34)24-22-36-26-29-45(42-16-8-7-14-40(36)42)50-33-49-41-15-6-5-13-35(41)25-28-46(49)43-17-9-10-18-44(43)50/h4-33H,1H2,2-3H3/b24-22+. The molecule has 9 aromatic rings. The van der Waals surface area contributed by atoms with Gasteiger partial charge in [-0.3, -0.25) is 0 Å². The van der Waals surface area contributed by atoms with Gasteiger partial charge in [0.2, 0.25) is 0 Å². The molecule has 0 heterocycles. The zero-order valence-corrected chi connectivity index (χ0v) is 30.0. The van der Waals surface area contributed by atoms with Gasteiger partial charge < -0.3 is 0 Å². The smallest absolute Gasteiger partial charge is 0.0159 e. The first-order valence-corrected chi connectivity index (χ1v) is 18.5. The zero-order valence-electron chi connectivity index (χ0n) is 30.0. The molecule has 0 amide bonds. The molecule has 0 radical (unpaired) electrons. The van der Waals surface area contributed by atoms with E-state index in [1.165, 1.54) is 93.2 Å². The maximum absolute atomic E-state index is 4.16. The van der Waals surface area contributed by atoms with E-state index in [4.69, 9.17) is 0 Å². The van der Waals surface area contributed by atoms with E-state index in [-0.39, 0.29) is 5.41 Å². The van der Waals surface area contributed by atoms with Crippen LogP contribution in [0.3, 0.4) is 0 Å². The summed E-state index contributed by atoms with van der Waals surface area (Å²) in [5.41, 5.74) is 13.9. The van der Waals surface area contributed by atoms with E-state index < -0.39 is 0 Å². The number of benzene rings is 9. The molecule has 10 rings (SSSR count). The van der Waals surface area contributed by atoms with Crippen molar-refractivity contribution in [3.8, 4) is 33.4 Å². The Hall–Kier alpha value is -6.50. The summed E-state index contributed by atoms with van der Waals surface area (Å²) >= 11 is 0. The summed E-state index contributed by atoms with van der Waals surface area (Å²) in [4.78, 5) is 0. The fraction of sp³-hybridized carbons (Fsp3) is 0.0566. The van der Waals surface area contributed by atoms with Crippen LogP contribution in [0.4, 0.5) is 0 Å². The molecule has 0 unspecified atom stereocenters. The summed E-state index contributed by atoms with van der Waals surface area (Å²) in [6.45, 7) is 8.85. The predicted octanol–water partition coefficient (Wildman–Crippen LogP) is 14.8. The maximum atomic E-state index is 4.16. The number of rotatable bonds is 5. The molecule has 0 fully saturated rings. The molecule has 0 spiro atoms. The number of hydrogen-bond acceptors (Lipinski definition) is 0. The SMILES string of the molecule is C=Cc1ccc(-c2ccc3c(c2)C(C)(C)c2ccccc2-3)cc1/C=C/c1ccc(-c2cc3c4ccccc4ccc3c3ccccc23)c2ccccc12. The van der Waals surface area contributed by atoms with Crippen LogP contribution in [0, 0.1) is 0 Å². The van der Waals surface area contributed by atoms with Crippen molar-refractivity contribution in [1.29, 1.82) is 0 Å².